The summed E-state index contributed by atoms with van der Waals surface area (Å²) in [5, 5.41) is 1.95. The zero-order chi connectivity index (χ0) is 7.02. The van der Waals surface area contributed by atoms with E-state index < -0.39 is 0 Å². The highest BCUT2D eigenvalue weighted by Gasteiger charge is 2.41. The van der Waals surface area contributed by atoms with Crippen LogP contribution >= 0.6 is 11.8 Å². The van der Waals surface area contributed by atoms with Gasteiger partial charge in [0, 0.05) is 10.5 Å². The molecule has 0 aromatic heterocycles. The second-order valence-electron chi connectivity index (χ2n) is 3.55. The van der Waals surface area contributed by atoms with Crippen LogP contribution in [0.5, 0.6) is 0 Å². The second-order valence-corrected chi connectivity index (χ2v) is 4.91. The van der Waals surface area contributed by atoms with Crippen LogP contribution in [0.4, 0.5) is 0 Å². The molecule has 1 fully saturated rings. The van der Waals surface area contributed by atoms with Gasteiger partial charge in [-0.15, -0.1) is 0 Å². The summed E-state index contributed by atoms with van der Waals surface area (Å²) in [4.78, 5) is 0. The van der Waals surface area contributed by atoms with Gasteiger partial charge >= 0.3 is 0 Å². The first-order chi connectivity index (χ1) is 4.13. The lowest BCUT2D eigenvalue weighted by Crippen LogP contribution is -2.07. The van der Waals surface area contributed by atoms with Crippen LogP contribution < -0.4 is 0 Å². The summed E-state index contributed by atoms with van der Waals surface area (Å²) in [5.74, 6) is 1.78. The summed E-state index contributed by atoms with van der Waals surface area (Å²) in [7, 11) is 0. The van der Waals surface area contributed by atoms with Gasteiger partial charge in [0.2, 0.25) is 0 Å². The van der Waals surface area contributed by atoms with E-state index in [0.29, 0.717) is 0 Å². The standard InChI is InChI=1S/C8H16S/c1-5(2)7-8(9-7)6(3)4/h5-8H,1-4H3. The molecular formula is C8H16S. The normalized spacial score (nSPS) is 34.0. The van der Waals surface area contributed by atoms with Gasteiger partial charge < -0.3 is 0 Å². The molecule has 1 heterocycles. The van der Waals surface area contributed by atoms with Gasteiger partial charge in [-0.3, -0.25) is 0 Å². The molecule has 1 rings (SSSR count). The van der Waals surface area contributed by atoms with Crippen molar-refractivity contribution in [2.75, 3.05) is 0 Å². The Hall–Kier alpha value is 0.350. The number of thioether (sulfide) groups is 1. The first-order valence-corrected chi connectivity index (χ1v) is 4.72. The maximum Gasteiger partial charge on any atom is 0.0195 e. The first kappa shape index (κ1) is 7.46. The molecule has 54 valence electrons. The Morgan fingerprint density at radius 2 is 1.22 bits per heavy atom. The van der Waals surface area contributed by atoms with Gasteiger partial charge in [0.15, 0.2) is 0 Å². The Kier molecular flexibility index (Phi) is 2.10. The van der Waals surface area contributed by atoms with Crippen molar-refractivity contribution >= 4 is 11.8 Å². The van der Waals surface area contributed by atoms with Crippen LogP contribution in [0.2, 0.25) is 0 Å². The van der Waals surface area contributed by atoms with E-state index in [-0.39, 0.29) is 0 Å². The molecule has 0 aromatic rings. The number of hydrogen-bond acceptors (Lipinski definition) is 1. The van der Waals surface area contributed by atoms with Crippen LogP contribution in [-0.2, 0) is 0 Å². The summed E-state index contributed by atoms with van der Waals surface area (Å²) in [5.41, 5.74) is 0. The summed E-state index contributed by atoms with van der Waals surface area (Å²) in [6.07, 6.45) is 0. The molecule has 0 saturated carbocycles. The molecule has 1 heteroatoms. The Labute approximate surface area is 62.4 Å². The molecule has 2 unspecified atom stereocenters. The van der Waals surface area contributed by atoms with Gasteiger partial charge in [-0.05, 0) is 11.8 Å². The SMILES string of the molecule is CC(C)C1SC1C(C)C. The van der Waals surface area contributed by atoms with Crippen LogP contribution in [0, 0.1) is 11.8 Å². The fraction of sp³-hybridized carbons (Fsp3) is 1.00. The maximum atomic E-state index is 2.32. The molecule has 9 heavy (non-hydrogen) atoms. The van der Waals surface area contributed by atoms with Crippen LogP contribution in [-0.4, -0.2) is 10.5 Å². The lowest BCUT2D eigenvalue weighted by Gasteiger charge is -2.02. The number of hydrogen-bond donors (Lipinski definition) is 0. The maximum absolute atomic E-state index is 2.32. The van der Waals surface area contributed by atoms with E-state index in [2.05, 4.69) is 39.5 Å². The van der Waals surface area contributed by atoms with Crippen LogP contribution in [0.15, 0.2) is 0 Å². The minimum absolute atomic E-state index is 0.891. The van der Waals surface area contributed by atoms with Crippen molar-refractivity contribution in [2.45, 2.75) is 38.2 Å². The Bertz CT molecular complexity index is 84.7. The molecule has 1 saturated heterocycles. The van der Waals surface area contributed by atoms with Crippen molar-refractivity contribution in [3.8, 4) is 0 Å². The van der Waals surface area contributed by atoms with Crippen molar-refractivity contribution in [3.63, 3.8) is 0 Å². The van der Waals surface area contributed by atoms with Crippen LogP contribution in [0.25, 0.3) is 0 Å². The van der Waals surface area contributed by atoms with Gasteiger partial charge in [0.25, 0.3) is 0 Å². The molecular weight excluding hydrogens is 128 g/mol. The zero-order valence-corrected chi connectivity index (χ0v) is 7.53. The molecule has 0 spiro atoms. The average molecular weight is 144 g/mol. The van der Waals surface area contributed by atoms with Gasteiger partial charge in [0.05, 0.1) is 0 Å². The highest BCUT2D eigenvalue weighted by atomic mass is 32.2. The van der Waals surface area contributed by atoms with E-state index >= 15 is 0 Å². The topological polar surface area (TPSA) is 0 Å². The predicted octanol–water partition coefficient (Wildman–Crippen LogP) is 2.78. The van der Waals surface area contributed by atoms with Crippen molar-refractivity contribution < 1.29 is 0 Å². The Morgan fingerprint density at radius 1 is 0.889 bits per heavy atom. The first-order valence-electron chi connectivity index (χ1n) is 3.78. The van der Waals surface area contributed by atoms with E-state index in [1.807, 2.05) is 0 Å². The van der Waals surface area contributed by atoms with Crippen LogP contribution in [0.1, 0.15) is 27.7 Å². The van der Waals surface area contributed by atoms with Crippen molar-refractivity contribution in [1.29, 1.82) is 0 Å². The molecule has 1 aliphatic heterocycles. The molecule has 0 aliphatic carbocycles. The van der Waals surface area contributed by atoms with Crippen LogP contribution in [0.3, 0.4) is 0 Å². The van der Waals surface area contributed by atoms with Gasteiger partial charge in [-0.2, -0.15) is 11.8 Å². The predicted molar refractivity (Wildman–Crippen MR) is 44.8 cm³/mol. The smallest absolute Gasteiger partial charge is 0.0195 e. The van der Waals surface area contributed by atoms with Crippen molar-refractivity contribution in [2.24, 2.45) is 11.8 Å². The molecule has 0 amide bonds. The molecule has 0 radical (unpaired) electrons. The Morgan fingerprint density at radius 3 is 1.33 bits per heavy atom. The van der Waals surface area contributed by atoms with E-state index in [1.165, 1.54) is 0 Å². The molecule has 1 aliphatic rings. The lowest BCUT2D eigenvalue weighted by atomic mass is 10.0. The summed E-state index contributed by atoms with van der Waals surface area (Å²) in [6.45, 7) is 9.28. The van der Waals surface area contributed by atoms with E-state index in [0.717, 1.165) is 22.3 Å². The van der Waals surface area contributed by atoms with Crippen molar-refractivity contribution in [1.82, 2.24) is 0 Å². The monoisotopic (exact) mass is 144 g/mol. The highest BCUT2D eigenvalue weighted by Crippen LogP contribution is 2.49. The fourth-order valence-corrected chi connectivity index (χ4v) is 2.74. The third kappa shape index (κ3) is 1.64. The quantitative estimate of drug-likeness (QED) is 0.537. The van der Waals surface area contributed by atoms with Gasteiger partial charge in [0.1, 0.15) is 0 Å². The largest absolute Gasteiger partial charge is 0.152 e. The number of rotatable bonds is 2. The summed E-state index contributed by atoms with van der Waals surface area (Å²) < 4.78 is 0. The molecule has 0 N–H and O–H groups in total. The van der Waals surface area contributed by atoms with E-state index in [9.17, 15) is 0 Å². The minimum atomic E-state index is 0.891. The zero-order valence-electron chi connectivity index (χ0n) is 6.72. The summed E-state index contributed by atoms with van der Waals surface area (Å²) >= 11 is 2.15. The fourth-order valence-electron chi connectivity index (χ4n) is 1.21. The van der Waals surface area contributed by atoms with Gasteiger partial charge in [-0.25, -0.2) is 0 Å². The molecule has 0 nitrogen and oxygen atoms in total. The third-order valence-corrected chi connectivity index (χ3v) is 3.86. The minimum Gasteiger partial charge on any atom is -0.152 e. The van der Waals surface area contributed by atoms with Crippen molar-refractivity contribution in [3.05, 3.63) is 0 Å². The second kappa shape index (κ2) is 2.53. The van der Waals surface area contributed by atoms with E-state index in [4.69, 9.17) is 0 Å². The molecule has 0 bridgehead atoms. The van der Waals surface area contributed by atoms with E-state index in [1.54, 1.807) is 0 Å². The average Bonchev–Trinajstić information content (AvgIpc) is 2.39. The molecule has 0 aromatic carbocycles. The highest BCUT2D eigenvalue weighted by molar-refractivity contribution is 8.07. The lowest BCUT2D eigenvalue weighted by molar-refractivity contribution is 0.556. The summed E-state index contributed by atoms with van der Waals surface area (Å²) in [6, 6.07) is 0. The third-order valence-electron chi connectivity index (χ3n) is 1.88. The molecule has 2 atom stereocenters. The van der Waals surface area contributed by atoms with Gasteiger partial charge in [-0.1, -0.05) is 27.7 Å². The Balaban J connectivity index is 2.24.